The van der Waals surface area contributed by atoms with E-state index in [2.05, 4.69) is 24.5 Å². The van der Waals surface area contributed by atoms with Crippen molar-refractivity contribution in [1.82, 2.24) is 10.6 Å². The van der Waals surface area contributed by atoms with Crippen LogP contribution in [0.25, 0.3) is 0 Å². The van der Waals surface area contributed by atoms with E-state index >= 15 is 0 Å². The first-order valence-corrected chi connectivity index (χ1v) is 15.1. The van der Waals surface area contributed by atoms with E-state index in [1.807, 2.05) is 0 Å². The van der Waals surface area contributed by atoms with Crippen molar-refractivity contribution in [2.75, 3.05) is 13.1 Å². The van der Waals surface area contributed by atoms with Gasteiger partial charge in [0.2, 0.25) is 11.8 Å². The summed E-state index contributed by atoms with van der Waals surface area (Å²) < 4.78 is 0. The Bertz CT molecular complexity index is 510. The summed E-state index contributed by atoms with van der Waals surface area (Å²) in [5, 5.41) is 23.6. The summed E-state index contributed by atoms with van der Waals surface area (Å²) in [5.74, 6) is -1.93. The second-order valence-corrected chi connectivity index (χ2v) is 9.84. The molecular formula is C30H58N2Na2O6. The Labute approximate surface area is 289 Å². The predicted molar refractivity (Wildman–Crippen MR) is 151 cm³/mol. The van der Waals surface area contributed by atoms with Crippen molar-refractivity contribution in [3.63, 3.8) is 0 Å². The smallest absolute Gasteiger partial charge is 0.550 e. The Morgan fingerprint density at radius 1 is 0.450 bits per heavy atom. The van der Waals surface area contributed by atoms with Crippen molar-refractivity contribution in [3.05, 3.63) is 0 Å². The van der Waals surface area contributed by atoms with Gasteiger partial charge in [-0.2, -0.15) is 0 Å². The van der Waals surface area contributed by atoms with Crippen LogP contribution in [-0.4, -0.2) is 36.8 Å². The number of hydrogen-bond donors (Lipinski definition) is 2. The number of unbranched alkanes of at least 4 members (excludes halogenated alkanes) is 16. The van der Waals surface area contributed by atoms with E-state index in [1.54, 1.807) is 0 Å². The van der Waals surface area contributed by atoms with Gasteiger partial charge in [0, 0.05) is 37.9 Å². The molecule has 2 N–H and O–H groups in total. The molecule has 0 saturated carbocycles. The molecule has 8 nitrogen and oxygen atoms in total. The van der Waals surface area contributed by atoms with Crippen LogP contribution in [0, 0.1) is 0 Å². The quantitative estimate of drug-likeness (QED) is 0.111. The van der Waals surface area contributed by atoms with Crippen molar-refractivity contribution in [1.29, 1.82) is 0 Å². The van der Waals surface area contributed by atoms with Crippen LogP contribution in [-0.2, 0) is 19.2 Å². The van der Waals surface area contributed by atoms with Crippen molar-refractivity contribution >= 4 is 23.8 Å². The molecule has 0 radical (unpaired) electrons. The van der Waals surface area contributed by atoms with Crippen LogP contribution in [0.3, 0.4) is 0 Å². The van der Waals surface area contributed by atoms with Crippen LogP contribution < -0.4 is 80.0 Å². The zero-order chi connectivity index (χ0) is 29.3. The Kier molecular flexibility index (Phi) is 53.7. The number of rotatable bonds is 23. The molecule has 0 atom stereocenters. The second-order valence-electron chi connectivity index (χ2n) is 9.84. The Morgan fingerprint density at radius 3 is 0.875 bits per heavy atom. The van der Waals surface area contributed by atoms with Gasteiger partial charge in [0.05, 0.1) is 0 Å². The molecule has 0 bridgehead atoms. The van der Waals surface area contributed by atoms with E-state index in [4.69, 9.17) is 19.8 Å². The fourth-order valence-electron chi connectivity index (χ4n) is 3.77. The Balaban J connectivity index is -0.000000358. The van der Waals surface area contributed by atoms with Gasteiger partial charge in [-0.15, -0.1) is 0 Å². The largest absolute Gasteiger partial charge is 1.00 e. The summed E-state index contributed by atoms with van der Waals surface area (Å²) in [6.45, 7) is 7.52. The fourth-order valence-corrected chi connectivity index (χ4v) is 3.77. The summed E-state index contributed by atoms with van der Waals surface area (Å²) >= 11 is 0. The maximum absolute atomic E-state index is 11.8. The number of carboxylic acid groups (broad SMARTS) is 2. The molecule has 2 amide bonds. The molecule has 0 aromatic carbocycles. The average molecular weight is 589 g/mol. The van der Waals surface area contributed by atoms with Crippen molar-refractivity contribution < 1.29 is 88.5 Å². The van der Waals surface area contributed by atoms with E-state index < -0.39 is 11.9 Å². The first kappa shape index (κ1) is 49.6. The molecule has 0 saturated heterocycles. The van der Waals surface area contributed by atoms with Gasteiger partial charge in [0.1, 0.15) is 0 Å². The zero-order valence-corrected chi connectivity index (χ0v) is 31.0. The predicted octanol–water partition coefficient (Wildman–Crippen LogP) is -1.42. The molecule has 0 heterocycles. The Hall–Kier alpha value is -0.120. The SMILES string of the molecule is CC(=O)[O-].CC(=O)[O-].CCCCCCCCCCCC(=O)NCCNC(=O)CCCCCCCCCCC.[Na+].[Na+]. The van der Waals surface area contributed by atoms with Gasteiger partial charge in [-0.05, 0) is 26.7 Å². The monoisotopic (exact) mass is 588 g/mol. The maximum atomic E-state index is 11.8. The number of carbonyl (C=O) groups excluding carboxylic acids is 4. The minimum Gasteiger partial charge on any atom is -0.550 e. The number of nitrogens with one attached hydrogen (secondary N) is 2. The van der Waals surface area contributed by atoms with E-state index in [0.717, 1.165) is 39.5 Å². The molecule has 0 aliphatic carbocycles. The molecule has 0 fully saturated rings. The fraction of sp³-hybridized carbons (Fsp3) is 0.867. The number of hydrogen-bond acceptors (Lipinski definition) is 6. The molecule has 0 aromatic rings. The number of aliphatic carboxylic acids is 2. The summed E-state index contributed by atoms with van der Waals surface area (Å²) in [5.41, 5.74) is 0. The van der Waals surface area contributed by atoms with E-state index in [-0.39, 0.29) is 70.9 Å². The van der Waals surface area contributed by atoms with Gasteiger partial charge in [-0.25, -0.2) is 0 Å². The molecular weight excluding hydrogens is 530 g/mol. The summed E-state index contributed by atoms with van der Waals surface area (Å²) in [6, 6.07) is 0. The topological polar surface area (TPSA) is 138 Å². The van der Waals surface area contributed by atoms with Crippen molar-refractivity contribution in [3.8, 4) is 0 Å². The van der Waals surface area contributed by atoms with Crippen molar-refractivity contribution in [2.45, 2.75) is 156 Å². The van der Waals surface area contributed by atoms with Crippen LogP contribution >= 0.6 is 0 Å². The number of amides is 2. The molecule has 40 heavy (non-hydrogen) atoms. The minimum absolute atomic E-state index is 0. The van der Waals surface area contributed by atoms with Crippen LogP contribution in [0.4, 0.5) is 0 Å². The van der Waals surface area contributed by atoms with Gasteiger partial charge in [0.25, 0.3) is 0 Å². The van der Waals surface area contributed by atoms with E-state index in [1.165, 1.54) is 89.9 Å². The normalized spacial score (nSPS) is 9.40. The minimum atomic E-state index is -1.08. The third-order valence-corrected chi connectivity index (χ3v) is 5.78. The van der Waals surface area contributed by atoms with Gasteiger partial charge in [-0.1, -0.05) is 117 Å². The summed E-state index contributed by atoms with van der Waals surface area (Å²) in [6.07, 6.45) is 24.0. The standard InChI is InChI=1S/C26H52N2O2.2C2H4O2.2Na/c1-3-5-7-9-11-13-15-17-19-21-25(29)27-23-24-28-26(30)22-20-18-16-14-12-10-8-6-4-2;2*1-2(3)4;;/h3-24H2,1-2H3,(H,27,29)(H,28,30);2*1H3,(H,3,4);;/q;;;2*+1/p-2. The molecule has 0 aliphatic rings. The third-order valence-electron chi connectivity index (χ3n) is 5.78. The molecule has 0 aromatic heterocycles. The van der Waals surface area contributed by atoms with Crippen LogP contribution in [0.5, 0.6) is 0 Å². The average Bonchev–Trinajstić information content (AvgIpc) is 2.84. The first-order chi connectivity index (χ1) is 18.2. The number of carboxylic acids is 2. The van der Waals surface area contributed by atoms with Gasteiger partial charge in [-0.3, -0.25) is 9.59 Å². The van der Waals surface area contributed by atoms with E-state index in [0.29, 0.717) is 25.9 Å². The molecule has 10 heteroatoms. The zero-order valence-electron chi connectivity index (χ0n) is 27.0. The molecule has 226 valence electrons. The summed E-state index contributed by atoms with van der Waals surface area (Å²) in [7, 11) is 0. The van der Waals surface area contributed by atoms with Crippen LogP contribution in [0.2, 0.25) is 0 Å². The summed E-state index contributed by atoms with van der Waals surface area (Å²) in [4.78, 5) is 41.4. The van der Waals surface area contributed by atoms with Gasteiger partial charge in [0.15, 0.2) is 0 Å². The van der Waals surface area contributed by atoms with E-state index in [9.17, 15) is 9.59 Å². The van der Waals surface area contributed by atoms with Crippen molar-refractivity contribution in [2.24, 2.45) is 0 Å². The molecule has 0 unspecified atom stereocenters. The Morgan fingerprint density at radius 2 is 0.650 bits per heavy atom. The molecule has 0 rings (SSSR count). The first-order valence-electron chi connectivity index (χ1n) is 15.1. The number of carbonyl (C=O) groups is 4. The maximum Gasteiger partial charge on any atom is 1.00 e. The molecule has 0 spiro atoms. The second kappa shape index (κ2) is 43.3. The molecule has 0 aliphatic heterocycles. The van der Waals surface area contributed by atoms with Gasteiger partial charge >= 0.3 is 59.1 Å². The van der Waals surface area contributed by atoms with Crippen LogP contribution in [0.1, 0.15) is 156 Å². The van der Waals surface area contributed by atoms with Gasteiger partial charge < -0.3 is 30.4 Å². The third kappa shape index (κ3) is 61.8. The van der Waals surface area contributed by atoms with Crippen LogP contribution in [0.15, 0.2) is 0 Å².